The van der Waals surface area contributed by atoms with Gasteiger partial charge in [0.1, 0.15) is 17.3 Å². The van der Waals surface area contributed by atoms with Crippen molar-refractivity contribution in [2.45, 2.75) is 26.9 Å². The van der Waals surface area contributed by atoms with Gasteiger partial charge in [-0.3, -0.25) is 0 Å². The molecular weight excluding hydrogens is 262 g/mol. The minimum absolute atomic E-state index is 0.140. The lowest BCUT2D eigenvalue weighted by molar-refractivity contribution is 0.283. The maximum absolute atomic E-state index is 5.89. The van der Waals surface area contributed by atoms with Crippen LogP contribution in [0.2, 0.25) is 0 Å². The predicted molar refractivity (Wildman–Crippen MR) is 87.6 cm³/mol. The summed E-state index contributed by atoms with van der Waals surface area (Å²) in [5.74, 6) is 1.54. The summed E-state index contributed by atoms with van der Waals surface area (Å²) in [6.45, 7) is 6.12. The fourth-order valence-corrected chi connectivity index (χ4v) is 2.32. The first kappa shape index (κ1) is 13.5. The maximum Gasteiger partial charge on any atom is 0.153 e. The number of aryl methyl sites for hydroxylation is 2. The Balaban J connectivity index is 1.95. The molecule has 2 aromatic carbocycles. The van der Waals surface area contributed by atoms with Crippen molar-refractivity contribution in [3.05, 3.63) is 47.5 Å². The third-order valence-electron chi connectivity index (χ3n) is 3.57. The van der Waals surface area contributed by atoms with Crippen molar-refractivity contribution in [2.24, 2.45) is 4.99 Å². The van der Waals surface area contributed by atoms with Gasteiger partial charge >= 0.3 is 0 Å². The van der Waals surface area contributed by atoms with Crippen LogP contribution >= 0.6 is 0 Å². The van der Waals surface area contributed by atoms with E-state index in [-0.39, 0.29) is 6.10 Å². The van der Waals surface area contributed by atoms with Crippen LogP contribution in [0.25, 0.3) is 0 Å². The zero-order valence-electron chi connectivity index (χ0n) is 12.5. The van der Waals surface area contributed by atoms with E-state index in [1.807, 2.05) is 25.1 Å². The molecule has 0 saturated heterocycles. The van der Waals surface area contributed by atoms with Gasteiger partial charge in [0.25, 0.3) is 0 Å². The number of hydrogen-bond acceptors (Lipinski definition) is 4. The first-order valence-electron chi connectivity index (χ1n) is 7.02. The molecule has 4 nitrogen and oxygen atoms in total. The average Bonchev–Trinajstić information content (AvgIpc) is 2.44. The molecule has 0 amide bonds. The smallest absolute Gasteiger partial charge is 0.153 e. The lowest BCUT2D eigenvalue weighted by Gasteiger charge is -2.25. The molecule has 21 heavy (non-hydrogen) atoms. The van der Waals surface area contributed by atoms with Crippen molar-refractivity contribution in [3.8, 4) is 5.75 Å². The second-order valence-corrected chi connectivity index (χ2v) is 5.43. The number of ether oxygens (including phenoxy) is 1. The molecule has 108 valence electrons. The van der Waals surface area contributed by atoms with Gasteiger partial charge in [-0.1, -0.05) is 12.1 Å². The molecule has 1 aliphatic rings. The number of nitrogens with zero attached hydrogens (tertiary/aromatic N) is 1. The Bertz CT molecular complexity index is 722. The molecule has 0 aliphatic carbocycles. The summed E-state index contributed by atoms with van der Waals surface area (Å²) in [7, 11) is 0. The maximum atomic E-state index is 5.89. The monoisotopic (exact) mass is 281 g/mol. The number of fused-ring (bicyclic) bond motifs is 1. The fourth-order valence-electron chi connectivity index (χ4n) is 2.32. The molecule has 0 spiro atoms. The van der Waals surface area contributed by atoms with E-state index in [1.165, 1.54) is 11.1 Å². The van der Waals surface area contributed by atoms with E-state index in [9.17, 15) is 0 Å². The summed E-state index contributed by atoms with van der Waals surface area (Å²) < 4.78 is 5.89. The number of aliphatic imine (C=N–C) groups is 1. The van der Waals surface area contributed by atoms with Crippen LogP contribution in [0.15, 0.2) is 41.4 Å². The minimum Gasteiger partial charge on any atom is -0.480 e. The molecule has 0 fully saturated rings. The van der Waals surface area contributed by atoms with E-state index < -0.39 is 0 Å². The zero-order chi connectivity index (χ0) is 15.0. The molecule has 3 N–H and O–H groups in total. The number of nitrogens with two attached hydrogens (primary N) is 1. The zero-order valence-corrected chi connectivity index (χ0v) is 12.5. The highest BCUT2D eigenvalue weighted by Gasteiger charge is 2.21. The van der Waals surface area contributed by atoms with Gasteiger partial charge in [0, 0.05) is 17.4 Å². The summed E-state index contributed by atoms with van der Waals surface area (Å²) in [5.41, 5.74) is 10.7. The normalized spacial score (nSPS) is 16.7. The van der Waals surface area contributed by atoms with E-state index in [4.69, 9.17) is 10.5 Å². The van der Waals surface area contributed by atoms with Crippen molar-refractivity contribution in [2.75, 3.05) is 11.1 Å². The SMILES string of the molecule is Cc1ccc(C)c(NC2=Nc3ccc(N)cc3OC2C)c1. The topological polar surface area (TPSA) is 59.6 Å². The van der Waals surface area contributed by atoms with Crippen LogP contribution in [-0.2, 0) is 0 Å². The van der Waals surface area contributed by atoms with Crippen LogP contribution in [0.5, 0.6) is 5.75 Å². The van der Waals surface area contributed by atoms with Crippen LogP contribution in [0.3, 0.4) is 0 Å². The number of hydrogen-bond donors (Lipinski definition) is 2. The second kappa shape index (κ2) is 5.13. The Morgan fingerprint density at radius 3 is 2.76 bits per heavy atom. The van der Waals surface area contributed by atoms with Crippen LogP contribution < -0.4 is 15.8 Å². The Morgan fingerprint density at radius 2 is 1.95 bits per heavy atom. The lowest BCUT2D eigenvalue weighted by atomic mass is 10.1. The molecule has 0 saturated carbocycles. The largest absolute Gasteiger partial charge is 0.480 e. The summed E-state index contributed by atoms with van der Waals surface area (Å²) >= 11 is 0. The third-order valence-corrected chi connectivity index (χ3v) is 3.57. The number of rotatable bonds is 1. The molecule has 1 atom stereocenters. The van der Waals surface area contributed by atoms with Gasteiger partial charge in [-0.25, -0.2) is 4.99 Å². The van der Waals surface area contributed by atoms with E-state index in [1.54, 1.807) is 0 Å². The van der Waals surface area contributed by atoms with Crippen LogP contribution in [0, 0.1) is 13.8 Å². The van der Waals surface area contributed by atoms with Gasteiger partial charge in [-0.2, -0.15) is 0 Å². The van der Waals surface area contributed by atoms with Gasteiger partial charge < -0.3 is 15.8 Å². The molecule has 3 rings (SSSR count). The van der Waals surface area contributed by atoms with Crippen molar-refractivity contribution in [1.82, 2.24) is 0 Å². The Morgan fingerprint density at radius 1 is 1.14 bits per heavy atom. The molecule has 2 aromatic rings. The molecule has 1 aliphatic heterocycles. The van der Waals surface area contributed by atoms with Gasteiger partial charge in [0.05, 0.1) is 0 Å². The van der Waals surface area contributed by atoms with Gasteiger partial charge in [-0.15, -0.1) is 0 Å². The number of nitrogens with one attached hydrogen (secondary N) is 1. The minimum atomic E-state index is -0.140. The van der Waals surface area contributed by atoms with E-state index in [0.717, 1.165) is 23.0 Å². The van der Waals surface area contributed by atoms with Crippen LogP contribution in [-0.4, -0.2) is 11.9 Å². The highest BCUT2D eigenvalue weighted by Crippen LogP contribution is 2.34. The highest BCUT2D eigenvalue weighted by molar-refractivity contribution is 6.02. The number of anilines is 2. The van der Waals surface area contributed by atoms with Crippen LogP contribution in [0.4, 0.5) is 17.1 Å². The molecule has 0 aromatic heterocycles. The molecular formula is C17H19N3O. The Kier molecular flexibility index (Phi) is 3.29. The molecule has 1 heterocycles. The Hall–Kier alpha value is -2.49. The summed E-state index contributed by atoms with van der Waals surface area (Å²) in [6, 6.07) is 11.8. The number of benzene rings is 2. The van der Waals surface area contributed by atoms with Crippen molar-refractivity contribution in [3.63, 3.8) is 0 Å². The van der Waals surface area contributed by atoms with Crippen LogP contribution in [0.1, 0.15) is 18.1 Å². The molecule has 0 radical (unpaired) electrons. The third kappa shape index (κ3) is 2.70. The molecule has 4 heteroatoms. The highest BCUT2D eigenvalue weighted by atomic mass is 16.5. The van der Waals surface area contributed by atoms with E-state index in [0.29, 0.717) is 5.69 Å². The van der Waals surface area contributed by atoms with Gasteiger partial charge in [0.2, 0.25) is 0 Å². The fraction of sp³-hybridized carbons (Fsp3) is 0.235. The predicted octanol–water partition coefficient (Wildman–Crippen LogP) is 3.81. The number of amidine groups is 1. The van der Waals surface area contributed by atoms with E-state index >= 15 is 0 Å². The van der Waals surface area contributed by atoms with E-state index in [2.05, 4.69) is 42.4 Å². The van der Waals surface area contributed by atoms with Crippen molar-refractivity contribution in [1.29, 1.82) is 0 Å². The first-order chi connectivity index (χ1) is 10.0. The Labute approximate surface area is 124 Å². The van der Waals surface area contributed by atoms with Crippen molar-refractivity contribution < 1.29 is 4.74 Å². The first-order valence-corrected chi connectivity index (χ1v) is 7.02. The number of nitrogen functional groups attached to an aromatic ring is 1. The summed E-state index contributed by atoms with van der Waals surface area (Å²) in [4.78, 5) is 4.66. The lowest BCUT2D eigenvalue weighted by Crippen LogP contribution is -2.32. The summed E-state index contributed by atoms with van der Waals surface area (Å²) in [5, 5.41) is 3.39. The average molecular weight is 281 g/mol. The van der Waals surface area contributed by atoms with Crippen molar-refractivity contribution >= 4 is 22.9 Å². The molecule has 1 unspecified atom stereocenters. The standard InChI is InChI=1S/C17H19N3O/c1-10-4-5-11(2)15(8-10)20-17-12(3)21-16-9-13(18)6-7-14(16)19-17/h4-9,12H,18H2,1-3H3,(H,19,20). The second-order valence-electron chi connectivity index (χ2n) is 5.43. The summed E-state index contributed by atoms with van der Waals surface area (Å²) in [6.07, 6.45) is -0.140. The quantitative estimate of drug-likeness (QED) is 0.781. The molecule has 0 bridgehead atoms. The van der Waals surface area contributed by atoms with Gasteiger partial charge in [-0.05, 0) is 50.1 Å². The van der Waals surface area contributed by atoms with Gasteiger partial charge in [0.15, 0.2) is 6.10 Å².